The van der Waals surface area contributed by atoms with Crippen molar-refractivity contribution in [1.29, 1.82) is 0 Å². The predicted molar refractivity (Wildman–Crippen MR) is 101 cm³/mol. The predicted octanol–water partition coefficient (Wildman–Crippen LogP) is 2.87. The zero-order chi connectivity index (χ0) is 15.8. The summed E-state index contributed by atoms with van der Waals surface area (Å²) in [5, 5.41) is 6.33. The van der Waals surface area contributed by atoms with Crippen molar-refractivity contribution in [3.05, 3.63) is 28.7 Å². The molecule has 1 aromatic carbocycles. The van der Waals surface area contributed by atoms with E-state index in [9.17, 15) is 9.00 Å². The van der Waals surface area contributed by atoms with E-state index < -0.39 is 10.8 Å². The van der Waals surface area contributed by atoms with Crippen LogP contribution in [0, 0.1) is 5.92 Å². The topological polar surface area (TPSA) is 58.2 Å². The number of carbonyl (C=O) groups excluding carboxylic acids is 1. The van der Waals surface area contributed by atoms with Crippen LogP contribution in [0.5, 0.6) is 0 Å². The summed E-state index contributed by atoms with van der Waals surface area (Å²) in [7, 11) is -1.03. The number of hydrogen-bond donors (Lipinski definition) is 2. The summed E-state index contributed by atoms with van der Waals surface area (Å²) in [4.78, 5) is 12.6. The van der Waals surface area contributed by atoms with Crippen LogP contribution in [0.2, 0.25) is 0 Å². The Hall–Kier alpha value is -0.430. The van der Waals surface area contributed by atoms with Crippen LogP contribution in [0.25, 0.3) is 0 Å². The zero-order valence-electron chi connectivity index (χ0n) is 13.1. The number of piperidine rings is 1. The summed E-state index contributed by atoms with van der Waals surface area (Å²) >= 11 is 3.36. The number of nitrogens with one attached hydrogen (secondary N) is 2. The molecule has 1 amide bonds. The Bertz CT molecular complexity index is 507. The lowest BCUT2D eigenvalue weighted by atomic mass is 10.00. The van der Waals surface area contributed by atoms with Gasteiger partial charge < -0.3 is 10.6 Å². The normalized spacial score (nSPS) is 18.7. The number of amides is 1. The molecule has 0 radical (unpaired) electrons. The first-order valence-electron chi connectivity index (χ1n) is 7.76. The molecular weight excluding hydrogens is 400 g/mol. The Morgan fingerprint density at radius 2 is 2.09 bits per heavy atom. The Balaban J connectivity index is 0.00000264. The SMILES string of the molecule is Cl.O=C(CCCS(=O)c1ccc(Br)cc1)NCC1CCCNC1. The lowest BCUT2D eigenvalue weighted by Crippen LogP contribution is -2.38. The Morgan fingerprint density at radius 3 is 2.74 bits per heavy atom. The second kappa shape index (κ2) is 11.2. The minimum Gasteiger partial charge on any atom is -0.356 e. The van der Waals surface area contributed by atoms with Gasteiger partial charge in [-0.15, -0.1) is 12.4 Å². The minimum atomic E-state index is -1.03. The molecular formula is C16H24BrClN2O2S. The molecule has 130 valence electrons. The van der Waals surface area contributed by atoms with Gasteiger partial charge in [-0.1, -0.05) is 15.9 Å². The van der Waals surface area contributed by atoms with Gasteiger partial charge in [0.05, 0.1) is 10.8 Å². The van der Waals surface area contributed by atoms with Gasteiger partial charge in [0.1, 0.15) is 0 Å². The van der Waals surface area contributed by atoms with Crippen LogP contribution in [-0.4, -0.2) is 35.5 Å². The second-order valence-electron chi connectivity index (χ2n) is 5.62. The molecule has 1 saturated heterocycles. The van der Waals surface area contributed by atoms with E-state index in [4.69, 9.17) is 0 Å². The van der Waals surface area contributed by atoms with E-state index in [2.05, 4.69) is 26.6 Å². The molecule has 2 unspecified atom stereocenters. The number of rotatable bonds is 7. The smallest absolute Gasteiger partial charge is 0.220 e. The van der Waals surface area contributed by atoms with Crippen LogP contribution >= 0.6 is 28.3 Å². The summed E-state index contributed by atoms with van der Waals surface area (Å²) in [6, 6.07) is 7.49. The van der Waals surface area contributed by atoms with Gasteiger partial charge in [0, 0.05) is 28.1 Å². The third kappa shape index (κ3) is 7.79. The van der Waals surface area contributed by atoms with Crippen LogP contribution in [0.1, 0.15) is 25.7 Å². The van der Waals surface area contributed by atoms with Crippen LogP contribution in [-0.2, 0) is 15.6 Å². The molecule has 23 heavy (non-hydrogen) atoms. The Morgan fingerprint density at radius 1 is 1.35 bits per heavy atom. The van der Waals surface area contributed by atoms with E-state index >= 15 is 0 Å². The van der Waals surface area contributed by atoms with Gasteiger partial charge in [0.2, 0.25) is 5.91 Å². The molecule has 0 spiro atoms. The van der Waals surface area contributed by atoms with Gasteiger partial charge in [0.25, 0.3) is 0 Å². The van der Waals surface area contributed by atoms with Crippen molar-refractivity contribution in [2.24, 2.45) is 5.92 Å². The van der Waals surface area contributed by atoms with Crippen molar-refractivity contribution in [2.75, 3.05) is 25.4 Å². The zero-order valence-corrected chi connectivity index (χ0v) is 16.3. The van der Waals surface area contributed by atoms with Gasteiger partial charge in [-0.25, -0.2) is 0 Å². The number of hydrogen-bond acceptors (Lipinski definition) is 3. The van der Waals surface area contributed by atoms with Crippen LogP contribution < -0.4 is 10.6 Å². The number of halogens is 2. The van der Waals surface area contributed by atoms with E-state index in [0.717, 1.165) is 29.0 Å². The molecule has 2 rings (SSSR count). The lowest BCUT2D eigenvalue weighted by Gasteiger charge is -2.22. The molecule has 1 aromatic rings. The van der Waals surface area contributed by atoms with Gasteiger partial charge >= 0.3 is 0 Å². The van der Waals surface area contributed by atoms with Crippen molar-refractivity contribution in [3.63, 3.8) is 0 Å². The third-order valence-corrected chi connectivity index (χ3v) is 5.78. The van der Waals surface area contributed by atoms with Crippen molar-refractivity contribution < 1.29 is 9.00 Å². The molecule has 7 heteroatoms. The Labute approximate surface area is 155 Å². The van der Waals surface area contributed by atoms with E-state index in [0.29, 0.717) is 24.5 Å². The molecule has 4 nitrogen and oxygen atoms in total. The highest BCUT2D eigenvalue weighted by atomic mass is 79.9. The van der Waals surface area contributed by atoms with E-state index in [-0.39, 0.29) is 18.3 Å². The third-order valence-electron chi connectivity index (χ3n) is 3.80. The standard InChI is InChI=1S/C16H23BrN2O2S.ClH/c17-14-5-7-15(8-6-14)22(21)10-2-4-16(20)19-12-13-3-1-9-18-11-13;/h5-8,13,18H,1-4,9-12H2,(H,19,20);1H. The fraction of sp³-hybridized carbons (Fsp3) is 0.562. The van der Waals surface area contributed by atoms with Gasteiger partial charge in [0.15, 0.2) is 0 Å². The molecule has 1 aliphatic rings. The first-order chi connectivity index (χ1) is 10.6. The molecule has 1 aliphatic heterocycles. The van der Waals surface area contributed by atoms with E-state index in [1.807, 2.05) is 24.3 Å². The Kier molecular flexibility index (Phi) is 10.0. The van der Waals surface area contributed by atoms with Crippen molar-refractivity contribution in [2.45, 2.75) is 30.6 Å². The quantitative estimate of drug-likeness (QED) is 0.709. The molecule has 2 N–H and O–H groups in total. The fourth-order valence-corrected chi connectivity index (χ4v) is 3.86. The average Bonchev–Trinajstić information content (AvgIpc) is 2.54. The highest BCUT2D eigenvalue weighted by Gasteiger charge is 2.14. The molecule has 1 heterocycles. The number of benzene rings is 1. The van der Waals surface area contributed by atoms with E-state index in [1.165, 1.54) is 12.8 Å². The highest BCUT2D eigenvalue weighted by Crippen LogP contribution is 2.14. The lowest BCUT2D eigenvalue weighted by molar-refractivity contribution is -0.121. The molecule has 0 bridgehead atoms. The summed E-state index contributed by atoms with van der Waals surface area (Å²) in [6.07, 6.45) is 3.47. The molecule has 0 aliphatic carbocycles. The molecule has 1 fully saturated rings. The van der Waals surface area contributed by atoms with Crippen molar-refractivity contribution in [1.82, 2.24) is 10.6 Å². The first kappa shape index (κ1) is 20.6. The average molecular weight is 424 g/mol. The maximum absolute atomic E-state index is 12.1. The van der Waals surface area contributed by atoms with Gasteiger partial charge in [-0.3, -0.25) is 9.00 Å². The summed E-state index contributed by atoms with van der Waals surface area (Å²) < 4.78 is 13.1. The molecule has 0 saturated carbocycles. The number of carbonyl (C=O) groups is 1. The molecule has 0 aromatic heterocycles. The first-order valence-corrected chi connectivity index (χ1v) is 9.87. The van der Waals surface area contributed by atoms with Gasteiger partial charge in [-0.05, 0) is 62.5 Å². The van der Waals surface area contributed by atoms with Crippen molar-refractivity contribution in [3.8, 4) is 0 Å². The van der Waals surface area contributed by atoms with Crippen LogP contribution in [0.4, 0.5) is 0 Å². The minimum absolute atomic E-state index is 0. The van der Waals surface area contributed by atoms with Crippen molar-refractivity contribution >= 4 is 45.0 Å². The summed E-state index contributed by atoms with van der Waals surface area (Å²) in [6.45, 7) is 2.84. The van der Waals surface area contributed by atoms with E-state index in [1.54, 1.807) is 0 Å². The van der Waals surface area contributed by atoms with Crippen LogP contribution in [0.3, 0.4) is 0 Å². The highest BCUT2D eigenvalue weighted by molar-refractivity contribution is 9.10. The fourth-order valence-electron chi connectivity index (χ4n) is 2.51. The largest absolute Gasteiger partial charge is 0.356 e. The molecule has 2 atom stereocenters. The second-order valence-corrected chi connectivity index (χ2v) is 8.11. The summed E-state index contributed by atoms with van der Waals surface area (Å²) in [5.41, 5.74) is 0. The maximum atomic E-state index is 12.1. The maximum Gasteiger partial charge on any atom is 0.220 e. The van der Waals surface area contributed by atoms with Crippen LogP contribution in [0.15, 0.2) is 33.6 Å². The monoisotopic (exact) mass is 422 g/mol. The summed E-state index contributed by atoms with van der Waals surface area (Å²) in [5.74, 6) is 1.15. The van der Waals surface area contributed by atoms with Gasteiger partial charge in [-0.2, -0.15) is 0 Å².